The molecule has 2 aromatic carbocycles. The number of benzene rings is 2. The first-order valence-electron chi connectivity index (χ1n) is 10.2. The summed E-state index contributed by atoms with van der Waals surface area (Å²) in [6, 6.07) is 14.8. The SMILES string of the molecule is CCN(Nc1c([N+](=O)[O-])cnc2cc(OCc3ccccc3)ccc12)C(=O)OC(C)(C)C. The smallest absolute Gasteiger partial charge is 0.429 e. The van der Waals surface area contributed by atoms with Crippen molar-refractivity contribution in [1.82, 2.24) is 9.99 Å². The highest BCUT2D eigenvalue weighted by atomic mass is 16.6. The molecule has 0 aliphatic rings. The van der Waals surface area contributed by atoms with Crippen molar-refractivity contribution >= 4 is 28.4 Å². The van der Waals surface area contributed by atoms with Gasteiger partial charge in [-0.05, 0) is 45.4 Å². The Bertz CT molecular complexity index is 1110. The van der Waals surface area contributed by atoms with E-state index in [-0.39, 0.29) is 17.9 Å². The molecule has 3 rings (SSSR count). The second-order valence-electron chi connectivity index (χ2n) is 8.07. The Labute approximate surface area is 186 Å². The second kappa shape index (κ2) is 9.51. The first-order chi connectivity index (χ1) is 15.2. The third-order valence-corrected chi connectivity index (χ3v) is 4.44. The predicted octanol–water partition coefficient (Wildman–Crippen LogP) is 5.31. The number of hydrogen-bond acceptors (Lipinski definition) is 7. The van der Waals surface area contributed by atoms with Crippen molar-refractivity contribution < 1.29 is 19.2 Å². The molecule has 0 aliphatic heterocycles. The van der Waals surface area contributed by atoms with E-state index >= 15 is 0 Å². The van der Waals surface area contributed by atoms with Crippen LogP contribution in [0, 0.1) is 10.1 Å². The molecule has 168 valence electrons. The number of aromatic nitrogens is 1. The zero-order chi connectivity index (χ0) is 23.3. The van der Waals surface area contributed by atoms with Gasteiger partial charge in [0, 0.05) is 18.0 Å². The molecule has 0 saturated carbocycles. The number of nitrogens with zero attached hydrogens (tertiary/aromatic N) is 3. The van der Waals surface area contributed by atoms with Gasteiger partial charge >= 0.3 is 11.8 Å². The Hall–Kier alpha value is -3.88. The molecule has 9 nitrogen and oxygen atoms in total. The van der Waals surface area contributed by atoms with Crippen LogP contribution in [0.5, 0.6) is 5.75 Å². The van der Waals surface area contributed by atoms with Crippen LogP contribution in [0.15, 0.2) is 54.7 Å². The average Bonchev–Trinajstić information content (AvgIpc) is 2.74. The second-order valence-corrected chi connectivity index (χ2v) is 8.07. The highest BCUT2D eigenvalue weighted by Crippen LogP contribution is 2.34. The summed E-state index contributed by atoms with van der Waals surface area (Å²) in [7, 11) is 0. The van der Waals surface area contributed by atoms with Crippen LogP contribution in [0.1, 0.15) is 33.3 Å². The molecule has 0 radical (unpaired) electrons. The summed E-state index contributed by atoms with van der Waals surface area (Å²) in [5.41, 5.74) is 3.56. The summed E-state index contributed by atoms with van der Waals surface area (Å²) >= 11 is 0. The molecule has 0 bridgehead atoms. The molecular weight excluding hydrogens is 412 g/mol. The number of nitrogens with one attached hydrogen (secondary N) is 1. The van der Waals surface area contributed by atoms with E-state index in [1.165, 1.54) is 5.01 Å². The van der Waals surface area contributed by atoms with E-state index in [4.69, 9.17) is 9.47 Å². The molecule has 0 fully saturated rings. The lowest BCUT2D eigenvalue weighted by molar-refractivity contribution is -0.384. The van der Waals surface area contributed by atoms with Crippen LogP contribution in [0.3, 0.4) is 0 Å². The van der Waals surface area contributed by atoms with E-state index in [1.807, 2.05) is 30.3 Å². The molecule has 0 aliphatic carbocycles. The molecule has 0 atom stereocenters. The van der Waals surface area contributed by atoms with Crippen molar-refractivity contribution in [3.05, 3.63) is 70.4 Å². The van der Waals surface area contributed by atoms with Crippen molar-refractivity contribution in [1.29, 1.82) is 0 Å². The first kappa shape index (κ1) is 22.8. The van der Waals surface area contributed by atoms with E-state index < -0.39 is 16.6 Å². The number of pyridine rings is 1. The van der Waals surface area contributed by atoms with Crippen LogP contribution in [0.2, 0.25) is 0 Å². The van der Waals surface area contributed by atoms with Gasteiger partial charge in [0.15, 0.2) is 0 Å². The summed E-state index contributed by atoms with van der Waals surface area (Å²) in [6.07, 6.45) is 0.524. The van der Waals surface area contributed by atoms with Crippen LogP contribution in [0.4, 0.5) is 16.2 Å². The number of carbonyl (C=O) groups excluding carboxylic acids is 1. The average molecular weight is 438 g/mol. The van der Waals surface area contributed by atoms with E-state index in [1.54, 1.807) is 45.9 Å². The maximum Gasteiger partial charge on any atom is 0.429 e. The first-order valence-corrected chi connectivity index (χ1v) is 10.2. The number of fused-ring (bicyclic) bond motifs is 1. The minimum Gasteiger partial charge on any atom is -0.489 e. The van der Waals surface area contributed by atoms with Crippen LogP contribution in [-0.2, 0) is 11.3 Å². The Balaban J connectivity index is 1.91. The number of carbonyl (C=O) groups is 1. The molecular formula is C23H26N4O5. The van der Waals surface area contributed by atoms with E-state index in [9.17, 15) is 14.9 Å². The Morgan fingerprint density at radius 2 is 1.91 bits per heavy atom. The molecule has 0 unspecified atom stereocenters. The number of nitro groups is 1. The van der Waals surface area contributed by atoms with Gasteiger partial charge < -0.3 is 9.47 Å². The van der Waals surface area contributed by atoms with Gasteiger partial charge in [0.25, 0.3) is 0 Å². The molecule has 0 spiro atoms. The molecule has 0 saturated heterocycles. The third-order valence-electron chi connectivity index (χ3n) is 4.44. The fourth-order valence-corrected chi connectivity index (χ4v) is 2.96. The van der Waals surface area contributed by atoms with E-state index in [0.717, 1.165) is 11.8 Å². The highest BCUT2D eigenvalue weighted by Gasteiger charge is 2.25. The highest BCUT2D eigenvalue weighted by molar-refractivity contribution is 5.96. The van der Waals surface area contributed by atoms with Gasteiger partial charge in [-0.3, -0.25) is 15.5 Å². The van der Waals surface area contributed by atoms with Gasteiger partial charge in [-0.2, -0.15) is 0 Å². The number of amides is 1. The largest absolute Gasteiger partial charge is 0.489 e. The van der Waals surface area contributed by atoms with Gasteiger partial charge in [-0.1, -0.05) is 30.3 Å². The van der Waals surface area contributed by atoms with Gasteiger partial charge in [0.1, 0.15) is 29.8 Å². The van der Waals surface area contributed by atoms with Crippen LogP contribution in [-0.4, -0.2) is 33.2 Å². The van der Waals surface area contributed by atoms with Gasteiger partial charge in [0.05, 0.1) is 10.4 Å². The van der Waals surface area contributed by atoms with Crippen LogP contribution < -0.4 is 10.2 Å². The molecule has 1 N–H and O–H groups in total. The van der Waals surface area contributed by atoms with Crippen molar-refractivity contribution in [2.75, 3.05) is 12.0 Å². The lowest BCUT2D eigenvalue weighted by Crippen LogP contribution is -2.40. The normalized spacial score (nSPS) is 11.1. The Kier molecular flexibility index (Phi) is 6.77. The number of hydrazine groups is 1. The topological polar surface area (TPSA) is 107 Å². The molecule has 32 heavy (non-hydrogen) atoms. The monoisotopic (exact) mass is 438 g/mol. The zero-order valence-corrected chi connectivity index (χ0v) is 18.5. The van der Waals surface area contributed by atoms with Crippen molar-refractivity contribution in [3.8, 4) is 5.75 Å². The fourth-order valence-electron chi connectivity index (χ4n) is 2.96. The van der Waals surface area contributed by atoms with Crippen LogP contribution >= 0.6 is 0 Å². The number of hydrogen-bond donors (Lipinski definition) is 1. The lowest BCUT2D eigenvalue weighted by Gasteiger charge is -2.27. The Morgan fingerprint density at radius 1 is 1.19 bits per heavy atom. The number of anilines is 1. The minimum atomic E-state index is -0.705. The van der Waals surface area contributed by atoms with Crippen molar-refractivity contribution in [3.63, 3.8) is 0 Å². The molecule has 1 amide bonds. The predicted molar refractivity (Wildman–Crippen MR) is 121 cm³/mol. The molecule has 1 aromatic heterocycles. The summed E-state index contributed by atoms with van der Waals surface area (Å²) in [6.45, 7) is 7.60. The maximum absolute atomic E-state index is 12.5. The summed E-state index contributed by atoms with van der Waals surface area (Å²) in [4.78, 5) is 27.8. The summed E-state index contributed by atoms with van der Waals surface area (Å²) < 4.78 is 11.2. The Morgan fingerprint density at radius 3 is 2.53 bits per heavy atom. The molecule has 9 heteroatoms. The van der Waals surface area contributed by atoms with Crippen LogP contribution in [0.25, 0.3) is 10.9 Å². The van der Waals surface area contributed by atoms with Gasteiger partial charge in [0.2, 0.25) is 0 Å². The van der Waals surface area contributed by atoms with E-state index in [0.29, 0.717) is 23.3 Å². The van der Waals surface area contributed by atoms with E-state index in [2.05, 4.69) is 10.4 Å². The molecule has 3 aromatic rings. The van der Waals surface area contributed by atoms with Crippen molar-refractivity contribution in [2.45, 2.75) is 39.9 Å². The summed E-state index contributed by atoms with van der Waals surface area (Å²) in [5.74, 6) is 0.577. The van der Waals surface area contributed by atoms with Gasteiger partial charge in [-0.25, -0.2) is 14.8 Å². The standard InChI is InChI=1S/C23H26N4O5/c1-5-26(22(28)32-23(2,3)4)25-21-18-12-11-17(31-15-16-9-7-6-8-10-16)13-19(18)24-14-20(21)27(29)30/h6-14H,5,15H2,1-4H3,(H,24,25). The number of rotatable bonds is 7. The maximum atomic E-state index is 12.5. The lowest BCUT2D eigenvalue weighted by atomic mass is 10.1. The quantitative estimate of drug-likeness (QED) is 0.394. The fraction of sp³-hybridized carbons (Fsp3) is 0.304. The zero-order valence-electron chi connectivity index (χ0n) is 18.5. The molecule has 1 heterocycles. The van der Waals surface area contributed by atoms with Gasteiger partial charge in [-0.15, -0.1) is 0 Å². The van der Waals surface area contributed by atoms with Crippen molar-refractivity contribution in [2.24, 2.45) is 0 Å². The number of ether oxygens (including phenoxy) is 2. The third kappa shape index (κ3) is 5.63. The summed E-state index contributed by atoms with van der Waals surface area (Å²) in [5, 5.41) is 13.3. The minimum absolute atomic E-state index is 0.155.